The van der Waals surface area contributed by atoms with E-state index in [9.17, 15) is 0 Å². The van der Waals surface area contributed by atoms with Gasteiger partial charge in [-0.05, 0) is 44.4 Å². The minimum absolute atomic E-state index is 0.0349. The van der Waals surface area contributed by atoms with E-state index in [0.29, 0.717) is 11.5 Å². The Morgan fingerprint density at radius 3 is 2.36 bits per heavy atom. The first-order valence-electron chi connectivity index (χ1n) is 5.94. The molecular formula is C12H23NO. The van der Waals surface area contributed by atoms with Gasteiger partial charge in [-0.25, -0.2) is 0 Å². The third-order valence-corrected chi connectivity index (χ3v) is 3.84. The predicted molar refractivity (Wildman–Crippen MR) is 58.1 cm³/mol. The molecule has 0 amide bonds. The molecule has 1 heterocycles. The molecule has 2 heteroatoms. The van der Waals surface area contributed by atoms with Crippen LogP contribution in [0.4, 0.5) is 0 Å². The van der Waals surface area contributed by atoms with Crippen LogP contribution >= 0.6 is 0 Å². The molecule has 1 aliphatic heterocycles. The Balaban J connectivity index is 1.98. The van der Waals surface area contributed by atoms with Crippen molar-refractivity contribution >= 4 is 0 Å². The molecule has 2 rings (SSSR count). The van der Waals surface area contributed by atoms with E-state index in [1.165, 1.54) is 25.7 Å². The van der Waals surface area contributed by atoms with E-state index in [2.05, 4.69) is 26.1 Å². The molecule has 1 aliphatic carbocycles. The average molecular weight is 197 g/mol. The van der Waals surface area contributed by atoms with E-state index in [-0.39, 0.29) is 5.72 Å². The molecule has 2 nitrogen and oxygen atoms in total. The Morgan fingerprint density at radius 2 is 1.79 bits per heavy atom. The first-order chi connectivity index (χ1) is 6.52. The van der Waals surface area contributed by atoms with E-state index in [0.717, 1.165) is 13.0 Å². The Labute approximate surface area is 87.4 Å². The normalized spacial score (nSPS) is 35.8. The van der Waals surface area contributed by atoms with Gasteiger partial charge < -0.3 is 4.74 Å². The highest BCUT2D eigenvalue weighted by molar-refractivity contribution is 4.91. The zero-order valence-electron chi connectivity index (χ0n) is 9.73. The van der Waals surface area contributed by atoms with E-state index in [4.69, 9.17) is 4.74 Å². The quantitative estimate of drug-likeness (QED) is 0.644. The second-order valence-electron chi connectivity index (χ2n) is 5.80. The van der Waals surface area contributed by atoms with Crippen LogP contribution in [0.25, 0.3) is 0 Å². The van der Waals surface area contributed by atoms with Crippen molar-refractivity contribution < 1.29 is 4.74 Å². The summed E-state index contributed by atoms with van der Waals surface area (Å²) in [6.45, 7) is 8.06. The molecule has 1 N–H and O–H groups in total. The fraction of sp³-hybridized carbons (Fsp3) is 1.00. The lowest BCUT2D eigenvalue weighted by atomic mass is 9.73. The van der Waals surface area contributed by atoms with Gasteiger partial charge in [0.1, 0.15) is 5.72 Å². The smallest absolute Gasteiger partial charge is 0.119 e. The van der Waals surface area contributed by atoms with Crippen molar-refractivity contribution in [3.05, 3.63) is 0 Å². The van der Waals surface area contributed by atoms with Gasteiger partial charge in [0.15, 0.2) is 0 Å². The van der Waals surface area contributed by atoms with Crippen molar-refractivity contribution in [1.29, 1.82) is 0 Å². The van der Waals surface area contributed by atoms with E-state index >= 15 is 0 Å². The zero-order valence-corrected chi connectivity index (χ0v) is 9.73. The molecule has 1 saturated carbocycles. The number of ether oxygens (including phenoxy) is 1. The van der Waals surface area contributed by atoms with Crippen molar-refractivity contribution in [1.82, 2.24) is 5.32 Å². The lowest BCUT2D eigenvalue weighted by Gasteiger charge is -2.47. The van der Waals surface area contributed by atoms with Gasteiger partial charge in [0.25, 0.3) is 0 Å². The lowest BCUT2D eigenvalue weighted by molar-refractivity contribution is -0.163. The van der Waals surface area contributed by atoms with Crippen molar-refractivity contribution in [2.75, 3.05) is 6.54 Å². The van der Waals surface area contributed by atoms with Crippen LogP contribution in [0.15, 0.2) is 0 Å². The summed E-state index contributed by atoms with van der Waals surface area (Å²) in [5.41, 5.74) is 0.560. The second kappa shape index (κ2) is 3.49. The second-order valence-corrected chi connectivity index (χ2v) is 5.80. The number of hydrogen-bond acceptors (Lipinski definition) is 2. The molecule has 2 aliphatic rings. The summed E-state index contributed by atoms with van der Waals surface area (Å²) in [6, 6.07) is 0. The summed E-state index contributed by atoms with van der Waals surface area (Å²) >= 11 is 0. The molecule has 14 heavy (non-hydrogen) atoms. The molecule has 0 aromatic heterocycles. The number of hydrogen-bond donors (Lipinski definition) is 1. The van der Waals surface area contributed by atoms with Crippen LogP contribution in [0.5, 0.6) is 0 Å². The van der Waals surface area contributed by atoms with E-state index in [1.54, 1.807) is 0 Å². The summed E-state index contributed by atoms with van der Waals surface area (Å²) in [5.74, 6) is 0. The van der Waals surface area contributed by atoms with Gasteiger partial charge >= 0.3 is 0 Å². The molecule has 1 unspecified atom stereocenters. The third kappa shape index (κ3) is 2.12. The van der Waals surface area contributed by atoms with Gasteiger partial charge in [-0.15, -0.1) is 0 Å². The van der Waals surface area contributed by atoms with Gasteiger partial charge in [-0.1, -0.05) is 13.8 Å². The maximum Gasteiger partial charge on any atom is 0.119 e. The van der Waals surface area contributed by atoms with Crippen LogP contribution in [0, 0.1) is 5.41 Å². The highest BCUT2D eigenvalue weighted by atomic mass is 16.5. The van der Waals surface area contributed by atoms with E-state index in [1.807, 2.05) is 0 Å². The average Bonchev–Trinajstić information content (AvgIpc) is 2.12. The first kappa shape index (κ1) is 10.4. The molecule has 0 bridgehead atoms. The zero-order chi connectivity index (χ0) is 10.2. The summed E-state index contributed by atoms with van der Waals surface area (Å²) < 4.78 is 6.10. The standard InChI is InChI=1S/C12H23NO/c1-10-4-9-13-12(14-10)7-5-11(2,3)6-8-12/h10,13H,4-9H2,1-3H3. The van der Waals surface area contributed by atoms with Crippen LogP contribution in [-0.2, 0) is 4.74 Å². The highest BCUT2D eigenvalue weighted by Crippen LogP contribution is 2.42. The van der Waals surface area contributed by atoms with Crippen molar-refractivity contribution in [3.8, 4) is 0 Å². The van der Waals surface area contributed by atoms with Crippen LogP contribution in [0.2, 0.25) is 0 Å². The predicted octanol–water partition coefficient (Wildman–Crippen LogP) is 2.68. The minimum atomic E-state index is 0.0349. The van der Waals surface area contributed by atoms with Crippen LogP contribution in [-0.4, -0.2) is 18.4 Å². The van der Waals surface area contributed by atoms with Crippen molar-refractivity contribution in [2.45, 2.75) is 64.7 Å². The summed E-state index contributed by atoms with van der Waals surface area (Å²) in [5, 5.41) is 3.58. The lowest BCUT2D eigenvalue weighted by Crippen LogP contribution is -2.56. The Hall–Kier alpha value is -0.0800. The first-order valence-corrected chi connectivity index (χ1v) is 5.94. The SMILES string of the molecule is CC1CCNC2(CCC(C)(C)CC2)O1. The third-order valence-electron chi connectivity index (χ3n) is 3.84. The Morgan fingerprint density at radius 1 is 1.14 bits per heavy atom. The minimum Gasteiger partial charge on any atom is -0.358 e. The highest BCUT2D eigenvalue weighted by Gasteiger charge is 2.41. The number of rotatable bonds is 0. The molecule has 1 spiro atoms. The molecule has 0 radical (unpaired) electrons. The van der Waals surface area contributed by atoms with Gasteiger partial charge in [0.05, 0.1) is 6.10 Å². The Kier molecular flexibility index (Phi) is 2.61. The fourth-order valence-electron chi connectivity index (χ4n) is 2.61. The van der Waals surface area contributed by atoms with Gasteiger partial charge in [-0.2, -0.15) is 0 Å². The Bertz CT molecular complexity index is 202. The largest absolute Gasteiger partial charge is 0.358 e. The molecule has 1 saturated heterocycles. The van der Waals surface area contributed by atoms with E-state index < -0.39 is 0 Å². The van der Waals surface area contributed by atoms with Crippen LogP contribution in [0.3, 0.4) is 0 Å². The molecule has 0 aromatic rings. The summed E-state index contributed by atoms with van der Waals surface area (Å²) in [4.78, 5) is 0. The van der Waals surface area contributed by atoms with Crippen LogP contribution < -0.4 is 5.32 Å². The molecule has 1 atom stereocenters. The molecule has 82 valence electrons. The summed E-state index contributed by atoms with van der Waals surface area (Å²) in [7, 11) is 0. The monoisotopic (exact) mass is 197 g/mol. The van der Waals surface area contributed by atoms with Crippen LogP contribution in [0.1, 0.15) is 52.9 Å². The van der Waals surface area contributed by atoms with Gasteiger partial charge in [-0.3, -0.25) is 5.32 Å². The topological polar surface area (TPSA) is 21.3 Å². The fourth-order valence-corrected chi connectivity index (χ4v) is 2.61. The maximum atomic E-state index is 6.10. The van der Waals surface area contributed by atoms with Gasteiger partial charge in [0, 0.05) is 6.54 Å². The summed E-state index contributed by atoms with van der Waals surface area (Å²) in [6.07, 6.45) is 6.54. The van der Waals surface area contributed by atoms with Crippen molar-refractivity contribution in [3.63, 3.8) is 0 Å². The van der Waals surface area contributed by atoms with Crippen molar-refractivity contribution in [2.24, 2.45) is 5.41 Å². The molecule has 2 fully saturated rings. The number of nitrogens with one attached hydrogen (secondary N) is 1. The maximum absolute atomic E-state index is 6.10. The molecule has 0 aromatic carbocycles. The molecular weight excluding hydrogens is 174 g/mol. The van der Waals surface area contributed by atoms with Gasteiger partial charge in [0.2, 0.25) is 0 Å².